The number of nitrogens with zero attached hydrogens (tertiary/aromatic N) is 3. The largest absolute Gasteiger partial charge is 0.481 e. The standard InChI is InChI=1S/C14H15N3O2/c1-9-3-2-4-10(7-9)13-15-12-6-5-11(14(18)19)8-17(12)16-13/h2-4,7,11H,5-6,8H2,1H3,(H,18,19). The summed E-state index contributed by atoms with van der Waals surface area (Å²) >= 11 is 0. The molecule has 1 aromatic carbocycles. The molecule has 0 spiro atoms. The number of aliphatic carboxylic acids is 1. The van der Waals surface area contributed by atoms with Gasteiger partial charge < -0.3 is 5.11 Å². The van der Waals surface area contributed by atoms with E-state index in [4.69, 9.17) is 5.11 Å². The minimum atomic E-state index is -0.752. The van der Waals surface area contributed by atoms with E-state index in [1.165, 1.54) is 0 Å². The van der Waals surface area contributed by atoms with E-state index in [9.17, 15) is 4.79 Å². The summed E-state index contributed by atoms with van der Waals surface area (Å²) < 4.78 is 1.74. The normalized spacial score (nSPS) is 18.1. The molecule has 19 heavy (non-hydrogen) atoms. The second kappa shape index (κ2) is 4.50. The molecule has 0 fully saturated rings. The second-order valence-corrected chi connectivity index (χ2v) is 4.98. The first kappa shape index (κ1) is 11.9. The zero-order valence-corrected chi connectivity index (χ0v) is 10.7. The maximum Gasteiger partial charge on any atom is 0.308 e. The maximum atomic E-state index is 11.0. The maximum absolute atomic E-state index is 11.0. The van der Waals surface area contributed by atoms with Crippen LogP contribution in [0.5, 0.6) is 0 Å². The monoisotopic (exact) mass is 257 g/mol. The fourth-order valence-electron chi connectivity index (χ4n) is 2.42. The van der Waals surface area contributed by atoms with Crippen molar-refractivity contribution in [1.82, 2.24) is 14.8 Å². The van der Waals surface area contributed by atoms with Crippen molar-refractivity contribution < 1.29 is 9.90 Å². The van der Waals surface area contributed by atoms with Gasteiger partial charge in [-0.3, -0.25) is 4.79 Å². The third kappa shape index (κ3) is 2.23. The molecule has 5 nitrogen and oxygen atoms in total. The average molecular weight is 257 g/mol. The zero-order chi connectivity index (χ0) is 13.4. The van der Waals surface area contributed by atoms with E-state index in [1.807, 2.05) is 31.2 Å². The Bertz CT molecular complexity index is 633. The molecule has 0 saturated carbocycles. The van der Waals surface area contributed by atoms with Gasteiger partial charge in [-0.25, -0.2) is 9.67 Å². The number of rotatable bonds is 2. The fourth-order valence-corrected chi connectivity index (χ4v) is 2.42. The number of carboxylic acids is 1. The lowest BCUT2D eigenvalue weighted by Gasteiger charge is -2.18. The van der Waals surface area contributed by atoms with Crippen LogP contribution in [0.25, 0.3) is 11.4 Å². The van der Waals surface area contributed by atoms with E-state index < -0.39 is 5.97 Å². The lowest BCUT2D eigenvalue weighted by atomic mass is 10.0. The molecule has 5 heteroatoms. The molecule has 0 amide bonds. The third-order valence-corrected chi connectivity index (χ3v) is 3.48. The van der Waals surface area contributed by atoms with E-state index >= 15 is 0 Å². The first-order valence-electron chi connectivity index (χ1n) is 6.37. The number of aromatic nitrogens is 3. The second-order valence-electron chi connectivity index (χ2n) is 4.98. The van der Waals surface area contributed by atoms with Crippen LogP contribution >= 0.6 is 0 Å². The number of hydrogen-bond donors (Lipinski definition) is 1. The Labute approximate surface area is 110 Å². The number of hydrogen-bond acceptors (Lipinski definition) is 3. The number of aryl methyl sites for hydroxylation is 2. The van der Waals surface area contributed by atoms with Crippen LogP contribution in [0, 0.1) is 12.8 Å². The van der Waals surface area contributed by atoms with Gasteiger partial charge in [-0.1, -0.05) is 23.8 Å². The first-order valence-corrected chi connectivity index (χ1v) is 6.37. The Morgan fingerprint density at radius 3 is 3.05 bits per heavy atom. The summed E-state index contributed by atoms with van der Waals surface area (Å²) in [4.78, 5) is 15.5. The van der Waals surface area contributed by atoms with Crippen LogP contribution in [-0.4, -0.2) is 25.8 Å². The lowest BCUT2D eigenvalue weighted by molar-refractivity contribution is -0.142. The molecule has 2 aromatic rings. The molecule has 1 aliphatic rings. The third-order valence-electron chi connectivity index (χ3n) is 3.48. The van der Waals surface area contributed by atoms with Gasteiger partial charge in [0.05, 0.1) is 12.5 Å². The van der Waals surface area contributed by atoms with Crippen molar-refractivity contribution in [3.05, 3.63) is 35.7 Å². The first-order chi connectivity index (χ1) is 9.13. The molecule has 1 atom stereocenters. The Morgan fingerprint density at radius 1 is 1.47 bits per heavy atom. The molecule has 1 aromatic heterocycles. The molecule has 98 valence electrons. The molecule has 0 aliphatic carbocycles. The number of carbonyl (C=O) groups is 1. The molecule has 3 rings (SSSR count). The molecule has 1 aliphatic heterocycles. The van der Waals surface area contributed by atoms with E-state index in [0.717, 1.165) is 17.0 Å². The van der Waals surface area contributed by atoms with Gasteiger partial charge in [-0.05, 0) is 19.4 Å². The highest BCUT2D eigenvalue weighted by molar-refractivity contribution is 5.70. The van der Waals surface area contributed by atoms with Gasteiger partial charge in [0.2, 0.25) is 0 Å². The smallest absolute Gasteiger partial charge is 0.308 e. The van der Waals surface area contributed by atoms with Crippen LogP contribution in [0.3, 0.4) is 0 Å². The van der Waals surface area contributed by atoms with Crippen molar-refractivity contribution in [1.29, 1.82) is 0 Å². The summed E-state index contributed by atoms with van der Waals surface area (Å²) in [6, 6.07) is 8.02. The van der Waals surface area contributed by atoms with Crippen LogP contribution in [0.15, 0.2) is 24.3 Å². The molecule has 1 unspecified atom stereocenters. The van der Waals surface area contributed by atoms with Gasteiger partial charge in [0, 0.05) is 12.0 Å². The van der Waals surface area contributed by atoms with Gasteiger partial charge in [0.25, 0.3) is 0 Å². The summed E-state index contributed by atoms with van der Waals surface area (Å²) in [6.45, 7) is 2.45. The molecule has 0 bridgehead atoms. The topological polar surface area (TPSA) is 68.0 Å². The Balaban J connectivity index is 1.93. The van der Waals surface area contributed by atoms with Gasteiger partial charge in [0.15, 0.2) is 5.82 Å². The highest BCUT2D eigenvalue weighted by Gasteiger charge is 2.26. The van der Waals surface area contributed by atoms with Crippen LogP contribution in [0.1, 0.15) is 17.8 Å². The van der Waals surface area contributed by atoms with Gasteiger partial charge in [0.1, 0.15) is 5.82 Å². The van der Waals surface area contributed by atoms with Crippen LogP contribution in [0.4, 0.5) is 0 Å². The van der Waals surface area contributed by atoms with Gasteiger partial charge in [-0.15, -0.1) is 0 Å². The average Bonchev–Trinajstić information content (AvgIpc) is 2.81. The van der Waals surface area contributed by atoms with Crippen molar-refractivity contribution in [3.8, 4) is 11.4 Å². The minimum Gasteiger partial charge on any atom is -0.481 e. The lowest BCUT2D eigenvalue weighted by Crippen LogP contribution is -2.27. The van der Waals surface area contributed by atoms with Crippen molar-refractivity contribution >= 4 is 5.97 Å². The SMILES string of the molecule is Cc1cccc(-c2nc3n(n2)CC(C(=O)O)CC3)c1. The Morgan fingerprint density at radius 2 is 2.32 bits per heavy atom. The van der Waals surface area contributed by atoms with Crippen LogP contribution in [-0.2, 0) is 17.8 Å². The highest BCUT2D eigenvalue weighted by Crippen LogP contribution is 2.23. The van der Waals surface area contributed by atoms with E-state index in [0.29, 0.717) is 25.2 Å². The number of fused-ring (bicyclic) bond motifs is 1. The summed E-state index contributed by atoms with van der Waals surface area (Å²) in [5.41, 5.74) is 2.14. The summed E-state index contributed by atoms with van der Waals surface area (Å²) in [6.07, 6.45) is 1.32. The Kier molecular flexibility index (Phi) is 2.81. The fraction of sp³-hybridized carbons (Fsp3) is 0.357. The van der Waals surface area contributed by atoms with Crippen molar-refractivity contribution in [2.45, 2.75) is 26.3 Å². The Hall–Kier alpha value is -2.17. The molecular formula is C14H15N3O2. The van der Waals surface area contributed by atoms with Crippen molar-refractivity contribution in [2.24, 2.45) is 5.92 Å². The summed E-state index contributed by atoms with van der Waals surface area (Å²) in [5, 5.41) is 13.5. The summed E-state index contributed by atoms with van der Waals surface area (Å²) in [7, 11) is 0. The van der Waals surface area contributed by atoms with Gasteiger partial charge >= 0.3 is 5.97 Å². The number of carboxylic acid groups (broad SMARTS) is 1. The zero-order valence-electron chi connectivity index (χ0n) is 10.7. The van der Waals surface area contributed by atoms with E-state index in [2.05, 4.69) is 10.1 Å². The highest BCUT2D eigenvalue weighted by atomic mass is 16.4. The van der Waals surface area contributed by atoms with Crippen LogP contribution < -0.4 is 0 Å². The van der Waals surface area contributed by atoms with Crippen LogP contribution in [0.2, 0.25) is 0 Å². The summed E-state index contributed by atoms with van der Waals surface area (Å²) in [5.74, 6) is 0.469. The van der Waals surface area contributed by atoms with E-state index in [-0.39, 0.29) is 5.92 Å². The molecule has 2 heterocycles. The van der Waals surface area contributed by atoms with E-state index in [1.54, 1.807) is 4.68 Å². The molecule has 0 saturated heterocycles. The quantitative estimate of drug-likeness (QED) is 0.892. The predicted molar refractivity (Wildman–Crippen MR) is 69.6 cm³/mol. The van der Waals surface area contributed by atoms with Crippen molar-refractivity contribution in [2.75, 3.05) is 0 Å². The number of benzene rings is 1. The molecule has 1 N–H and O–H groups in total. The predicted octanol–water partition coefficient (Wildman–Crippen LogP) is 1.90. The molecule has 0 radical (unpaired) electrons. The molecular weight excluding hydrogens is 242 g/mol. The minimum absolute atomic E-state index is 0.348. The van der Waals surface area contributed by atoms with Gasteiger partial charge in [-0.2, -0.15) is 5.10 Å². The van der Waals surface area contributed by atoms with Crippen molar-refractivity contribution in [3.63, 3.8) is 0 Å².